The molecule has 0 fully saturated rings. The van der Waals surface area contributed by atoms with Gasteiger partial charge < -0.3 is 0 Å². The Bertz CT molecular complexity index is 1180. The van der Waals surface area contributed by atoms with Gasteiger partial charge in [-0.15, -0.1) is 0 Å². The number of hydrogen-bond donors (Lipinski definition) is 0. The van der Waals surface area contributed by atoms with Gasteiger partial charge in [0.25, 0.3) is 0 Å². The van der Waals surface area contributed by atoms with Crippen LogP contribution in [0.3, 0.4) is 0 Å². The average molecular weight is 413 g/mol. The quantitative estimate of drug-likeness (QED) is 0.433. The summed E-state index contributed by atoms with van der Waals surface area (Å²) in [6, 6.07) is 13.2. The number of aromatic nitrogens is 4. The molecule has 4 rings (SSSR count). The van der Waals surface area contributed by atoms with Crippen LogP contribution in [-0.2, 0) is 27.2 Å². The molecule has 0 bridgehead atoms. The summed E-state index contributed by atoms with van der Waals surface area (Å²) >= 11 is 0. The van der Waals surface area contributed by atoms with Crippen molar-refractivity contribution in [1.82, 2.24) is 0 Å². The minimum absolute atomic E-state index is 1.01. The van der Waals surface area contributed by atoms with Crippen molar-refractivity contribution in [2.24, 2.45) is 14.1 Å². The summed E-state index contributed by atoms with van der Waals surface area (Å²) in [4.78, 5) is 0. The first-order valence-corrected chi connectivity index (χ1v) is 10.9. The average Bonchev–Trinajstić information content (AvgIpc) is 2.76. The Morgan fingerprint density at radius 3 is 1.65 bits per heavy atom. The molecule has 4 aromatic heterocycles. The molecule has 31 heavy (non-hydrogen) atoms. The predicted molar refractivity (Wildman–Crippen MR) is 121 cm³/mol. The summed E-state index contributed by atoms with van der Waals surface area (Å²) in [6.07, 6.45) is 18.4. The summed E-state index contributed by atoms with van der Waals surface area (Å²) in [7, 11) is 4.11. The van der Waals surface area contributed by atoms with Gasteiger partial charge >= 0.3 is 0 Å². The second-order valence-electron chi connectivity index (χ2n) is 8.42. The van der Waals surface area contributed by atoms with Crippen LogP contribution in [0, 0.1) is 13.8 Å². The van der Waals surface area contributed by atoms with Crippen LogP contribution in [0.5, 0.6) is 0 Å². The maximum atomic E-state index is 2.30. The lowest BCUT2D eigenvalue weighted by molar-refractivity contribution is -0.727. The third-order valence-electron chi connectivity index (χ3n) is 5.84. The molecule has 0 aromatic carbocycles. The molecule has 4 heterocycles. The van der Waals surface area contributed by atoms with Gasteiger partial charge in [0.15, 0.2) is 62.7 Å². The highest BCUT2D eigenvalue weighted by Gasteiger charge is 2.13. The van der Waals surface area contributed by atoms with E-state index in [-0.39, 0.29) is 0 Å². The first-order chi connectivity index (χ1) is 15.0. The van der Waals surface area contributed by atoms with Gasteiger partial charge in [-0.1, -0.05) is 0 Å². The summed E-state index contributed by atoms with van der Waals surface area (Å²) in [5, 5.41) is 0. The number of hydrogen-bond acceptors (Lipinski definition) is 0. The topological polar surface area (TPSA) is 15.5 Å². The molecule has 156 valence electrons. The van der Waals surface area contributed by atoms with Crippen molar-refractivity contribution in [2.75, 3.05) is 0 Å². The van der Waals surface area contributed by atoms with E-state index >= 15 is 0 Å². The van der Waals surface area contributed by atoms with E-state index in [0.29, 0.717) is 0 Å². The zero-order chi connectivity index (χ0) is 21.8. The lowest BCUT2D eigenvalue weighted by atomic mass is 10.00. The number of pyridine rings is 4. The summed E-state index contributed by atoms with van der Waals surface area (Å²) < 4.78 is 8.72. The first-order valence-electron chi connectivity index (χ1n) is 10.9. The Labute approximate surface area is 185 Å². The summed E-state index contributed by atoms with van der Waals surface area (Å²) in [6.45, 7) is 6.39. The fourth-order valence-corrected chi connectivity index (χ4v) is 4.08. The van der Waals surface area contributed by atoms with E-state index in [2.05, 4.69) is 125 Å². The van der Waals surface area contributed by atoms with Crippen molar-refractivity contribution >= 4 is 0 Å². The molecular weight excluding hydrogens is 380 g/mol. The van der Waals surface area contributed by atoms with Gasteiger partial charge in [-0.3, -0.25) is 0 Å². The van der Waals surface area contributed by atoms with Crippen molar-refractivity contribution in [1.29, 1.82) is 0 Å². The third-order valence-corrected chi connectivity index (χ3v) is 5.84. The molecule has 0 saturated heterocycles. The maximum absolute atomic E-state index is 2.30. The highest BCUT2D eigenvalue weighted by atomic mass is 15.0. The van der Waals surface area contributed by atoms with Gasteiger partial charge in [-0.25, -0.2) is 18.3 Å². The van der Waals surface area contributed by atoms with Gasteiger partial charge in [0, 0.05) is 47.5 Å². The van der Waals surface area contributed by atoms with Crippen LogP contribution < -0.4 is 18.3 Å². The molecule has 0 aliphatic carbocycles. The molecule has 4 heteroatoms. The van der Waals surface area contributed by atoms with Gasteiger partial charge in [-0.05, 0) is 36.1 Å². The molecule has 0 spiro atoms. The fraction of sp³-hybridized carbons (Fsp3) is 0.259. The van der Waals surface area contributed by atoms with E-state index in [1.807, 2.05) is 7.05 Å². The number of nitrogens with zero attached hydrogens (tertiary/aromatic N) is 4. The number of aryl methyl sites for hydroxylation is 6. The highest BCUT2D eigenvalue weighted by molar-refractivity contribution is 5.68. The Hall–Kier alpha value is -3.40. The summed E-state index contributed by atoms with van der Waals surface area (Å²) in [5.41, 5.74) is 7.74. The molecule has 0 aliphatic rings. The van der Waals surface area contributed by atoms with Crippen molar-refractivity contribution in [3.63, 3.8) is 0 Å². The zero-order valence-electron chi connectivity index (χ0n) is 19.0. The molecule has 0 amide bonds. The largest absolute Gasteiger partial charge is 0.208 e. The van der Waals surface area contributed by atoms with Crippen LogP contribution in [0.4, 0.5) is 0 Å². The van der Waals surface area contributed by atoms with Crippen molar-refractivity contribution < 1.29 is 18.3 Å². The Morgan fingerprint density at radius 1 is 0.548 bits per heavy atom. The van der Waals surface area contributed by atoms with E-state index in [4.69, 9.17) is 0 Å². The van der Waals surface area contributed by atoms with Crippen LogP contribution in [0.25, 0.3) is 22.3 Å². The van der Waals surface area contributed by atoms with E-state index in [9.17, 15) is 0 Å². The molecular formula is C27H32N4+4. The van der Waals surface area contributed by atoms with Crippen LogP contribution in [-0.4, -0.2) is 0 Å². The SMILES string of the molecule is Cc1c[n+](C)ccc1-c1cc[n+](CCC[n+]2ccc(-c3cc[n+](C)cc3)cc2)cc1C. The van der Waals surface area contributed by atoms with E-state index in [1.165, 1.54) is 33.4 Å². The van der Waals surface area contributed by atoms with Crippen LogP contribution >= 0.6 is 0 Å². The standard InChI is InChI=1S/C27H32N4/c1-22-20-29(4)16-10-26(22)27-11-19-31(21-23(27)2)13-5-12-30-17-8-25(9-18-30)24-6-14-28(3)15-7-24/h6-11,14-21H,5,12-13H2,1-4H3/q+4. The van der Waals surface area contributed by atoms with Gasteiger partial charge in [0.1, 0.15) is 14.1 Å². The van der Waals surface area contributed by atoms with Crippen molar-refractivity contribution in [3.8, 4) is 22.3 Å². The van der Waals surface area contributed by atoms with Gasteiger partial charge in [0.2, 0.25) is 0 Å². The molecule has 0 unspecified atom stereocenters. The minimum atomic E-state index is 1.01. The molecule has 0 N–H and O–H groups in total. The van der Waals surface area contributed by atoms with Crippen molar-refractivity contribution in [3.05, 3.63) is 97.1 Å². The van der Waals surface area contributed by atoms with Crippen LogP contribution in [0.2, 0.25) is 0 Å². The monoisotopic (exact) mass is 412 g/mol. The van der Waals surface area contributed by atoms with Crippen LogP contribution in [0.15, 0.2) is 86.0 Å². The first kappa shape index (κ1) is 20.9. The lowest BCUT2D eigenvalue weighted by Crippen LogP contribution is -2.38. The minimum Gasteiger partial charge on any atom is -0.208 e. The zero-order valence-corrected chi connectivity index (χ0v) is 19.0. The van der Waals surface area contributed by atoms with E-state index in [0.717, 1.165) is 19.5 Å². The highest BCUT2D eigenvalue weighted by Crippen LogP contribution is 2.24. The van der Waals surface area contributed by atoms with E-state index in [1.54, 1.807) is 0 Å². The molecule has 4 aromatic rings. The second kappa shape index (κ2) is 9.17. The molecule has 0 atom stereocenters. The normalized spacial score (nSPS) is 11.0. The third kappa shape index (κ3) is 5.02. The molecule has 0 aliphatic heterocycles. The van der Waals surface area contributed by atoms with E-state index < -0.39 is 0 Å². The van der Waals surface area contributed by atoms with Crippen LogP contribution in [0.1, 0.15) is 17.5 Å². The number of rotatable bonds is 6. The Morgan fingerprint density at radius 2 is 1.03 bits per heavy atom. The Balaban J connectivity index is 1.37. The summed E-state index contributed by atoms with van der Waals surface area (Å²) in [5.74, 6) is 0. The maximum Gasteiger partial charge on any atom is 0.172 e. The smallest absolute Gasteiger partial charge is 0.172 e. The second-order valence-corrected chi connectivity index (χ2v) is 8.42. The molecule has 4 nitrogen and oxygen atoms in total. The van der Waals surface area contributed by atoms with Crippen molar-refractivity contribution in [2.45, 2.75) is 33.4 Å². The Kier molecular flexibility index (Phi) is 6.17. The fourth-order valence-electron chi connectivity index (χ4n) is 4.08. The van der Waals surface area contributed by atoms with Gasteiger partial charge in [0.05, 0.1) is 6.42 Å². The molecule has 0 radical (unpaired) electrons. The lowest BCUT2D eigenvalue weighted by Gasteiger charge is -2.07. The van der Waals surface area contributed by atoms with Gasteiger partial charge in [-0.2, -0.15) is 0 Å². The predicted octanol–water partition coefficient (Wildman–Crippen LogP) is 2.95. The molecule has 0 saturated carbocycles.